The summed E-state index contributed by atoms with van der Waals surface area (Å²) in [4.78, 5) is 30.6. The number of hydrogen-bond donors (Lipinski definition) is 1. The monoisotopic (exact) mass is 298 g/mol. The predicted molar refractivity (Wildman–Crippen MR) is 76.0 cm³/mol. The van der Waals surface area contributed by atoms with Crippen LogP contribution in [0.4, 0.5) is 0 Å². The molecule has 7 nitrogen and oxygen atoms in total. The molecular weight excluding hydrogens is 284 g/mol. The van der Waals surface area contributed by atoms with Crippen molar-refractivity contribution in [2.75, 3.05) is 26.2 Å². The number of carbonyl (C=O) groups is 2. The lowest BCUT2D eigenvalue weighted by Gasteiger charge is -2.34. The Morgan fingerprint density at radius 1 is 1.18 bits per heavy atom. The van der Waals surface area contributed by atoms with E-state index >= 15 is 0 Å². The lowest BCUT2D eigenvalue weighted by Crippen LogP contribution is -2.50. The van der Waals surface area contributed by atoms with Crippen LogP contribution in [0.2, 0.25) is 0 Å². The summed E-state index contributed by atoms with van der Waals surface area (Å²) >= 11 is 0. The first kappa shape index (κ1) is 13.9. The molecule has 0 aliphatic carbocycles. The molecule has 2 amide bonds. The van der Waals surface area contributed by atoms with Gasteiger partial charge >= 0.3 is 0 Å². The van der Waals surface area contributed by atoms with Gasteiger partial charge in [-0.05, 0) is 18.2 Å². The van der Waals surface area contributed by atoms with Gasteiger partial charge in [-0.25, -0.2) is 0 Å². The highest BCUT2D eigenvalue weighted by atomic mass is 16.3. The summed E-state index contributed by atoms with van der Waals surface area (Å²) < 4.78 is 5.10. The fourth-order valence-corrected chi connectivity index (χ4v) is 2.42. The number of furan rings is 1. The number of piperazine rings is 1. The Kier molecular flexibility index (Phi) is 3.66. The van der Waals surface area contributed by atoms with Crippen molar-refractivity contribution in [2.45, 2.75) is 0 Å². The fraction of sp³-hybridized carbons (Fsp3) is 0.267. The van der Waals surface area contributed by atoms with Crippen molar-refractivity contribution in [3.05, 3.63) is 47.7 Å². The van der Waals surface area contributed by atoms with Gasteiger partial charge in [0.25, 0.3) is 11.8 Å². The minimum atomic E-state index is -0.163. The fourth-order valence-electron chi connectivity index (χ4n) is 2.42. The summed E-state index contributed by atoms with van der Waals surface area (Å²) in [5, 5.41) is 8.78. The maximum Gasteiger partial charge on any atom is 0.289 e. The number of aromatic amines is 1. The van der Waals surface area contributed by atoms with Crippen LogP contribution in [0.15, 0.2) is 35.1 Å². The number of nitriles is 1. The van der Waals surface area contributed by atoms with Crippen LogP contribution >= 0.6 is 0 Å². The van der Waals surface area contributed by atoms with Gasteiger partial charge in [0.1, 0.15) is 11.8 Å². The minimum Gasteiger partial charge on any atom is -0.459 e. The summed E-state index contributed by atoms with van der Waals surface area (Å²) in [6.07, 6.45) is 2.97. The van der Waals surface area contributed by atoms with Crippen LogP contribution in [0.5, 0.6) is 0 Å². The maximum atomic E-state index is 12.3. The van der Waals surface area contributed by atoms with Gasteiger partial charge in [-0.2, -0.15) is 5.26 Å². The van der Waals surface area contributed by atoms with Gasteiger partial charge in [0, 0.05) is 32.4 Å². The van der Waals surface area contributed by atoms with Gasteiger partial charge < -0.3 is 19.2 Å². The van der Waals surface area contributed by atoms with Crippen molar-refractivity contribution in [1.29, 1.82) is 5.26 Å². The second-order valence-electron chi connectivity index (χ2n) is 4.98. The van der Waals surface area contributed by atoms with E-state index in [1.807, 2.05) is 6.07 Å². The van der Waals surface area contributed by atoms with Crippen LogP contribution in [0.25, 0.3) is 0 Å². The van der Waals surface area contributed by atoms with E-state index < -0.39 is 0 Å². The zero-order valence-electron chi connectivity index (χ0n) is 11.8. The SMILES string of the molecule is N#Cc1c[nH]c(C(=O)N2CCN(C(=O)c3ccco3)CC2)c1. The zero-order valence-corrected chi connectivity index (χ0v) is 11.8. The topological polar surface area (TPSA) is 93.3 Å². The van der Waals surface area contributed by atoms with Crippen LogP contribution in [-0.2, 0) is 0 Å². The van der Waals surface area contributed by atoms with Gasteiger partial charge in [0.15, 0.2) is 5.76 Å². The van der Waals surface area contributed by atoms with E-state index in [1.165, 1.54) is 18.5 Å². The van der Waals surface area contributed by atoms with Crippen molar-refractivity contribution >= 4 is 11.8 Å². The van der Waals surface area contributed by atoms with Crippen molar-refractivity contribution < 1.29 is 14.0 Å². The highest BCUT2D eigenvalue weighted by molar-refractivity contribution is 5.94. The van der Waals surface area contributed by atoms with Gasteiger partial charge in [0.2, 0.25) is 0 Å². The second-order valence-corrected chi connectivity index (χ2v) is 4.98. The second kappa shape index (κ2) is 5.77. The first-order chi connectivity index (χ1) is 10.7. The average molecular weight is 298 g/mol. The number of carbonyl (C=O) groups excluding carboxylic acids is 2. The lowest BCUT2D eigenvalue weighted by atomic mass is 10.2. The number of aromatic nitrogens is 1. The third-order valence-corrected chi connectivity index (χ3v) is 3.63. The molecule has 0 spiro atoms. The normalized spacial score (nSPS) is 14.7. The van der Waals surface area contributed by atoms with Crippen LogP contribution in [0.1, 0.15) is 26.6 Å². The van der Waals surface area contributed by atoms with Gasteiger partial charge in [0.05, 0.1) is 11.8 Å². The Morgan fingerprint density at radius 3 is 2.41 bits per heavy atom. The van der Waals surface area contributed by atoms with Crippen molar-refractivity contribution in [2.24, 2.45) is 0 Å². The first-order valence-electron chi connectivity index (χ1n) is 6.89. The number of amides is 2. The van der Waals surface area contributed by atoms with Gasteiger partial charge in [-0.3, -0.25) is 9.59 Å². The van der Waals surface area contributed by atoms with E-state index in [0.29, 0.717) is 43.2 Å². The average Bonchev–Trinajstić information content (AvgIpc) is 3.25. The molecule has 0 radical (unpaired) electrons. The maximum absolute atomic E-state index is 12.3. The lowest BCUT2D eigenvalue weighted by molar-refractivity contribution is 0.0515. The Bertz CT molecular complexity index is 718. The van der Waals surface area contributed by atoms with E-state index in [9.17, 15) is 9.59 Å². The Morgan fingerprint density at radius 2 is 1.86 bits per heavy atom. The summed E-state index contributed by atoms with van der Waals surface area (Å²) in [6.45, 7) is 1.81. The molecule has 1 aliphatic rings. The molecule has 0 saturated carbocycles. The number of rotatable bonds is 2. The molecule has 2 aromatic rings. The standard InChI is InChI=1S/C15H14N4O3/c16-9-11-8-12(17-10-11)14(20)18-3-5-19(6-4-18)15(21)13-2-1-7-22-13/h1-2,7-8,10,17H,3-6H2. The molecule has 0 atom stereocenters. The quantitative estimate of drug-likeness (QED) is 0.897. The molecule has 1 N–H and O–H groups in total. The largest absolute Gasteiger partial charge is 0.459 e. The molecule has 0 bridgehead atoms. The van der Waals surface area contributed by atoms with Crippen LogP contribution < -0.4 is 0 Å². The molecule has 7 heteroatoms. The van der Waals surface area contributed by atoms with Crippen LogP contribution in [0, 0.1) is 11.3 Å². The molecule has 3 heterocycles. The third-order valence-electron chi connectivity index (χ3n) is 3.63. The van der Waals surface area contributed by atoms with E-state index in [-0.39, 0.29) is 11.8 Å². The first-order valence-corrected chi connectivity index (χ1v) is 6.89. The summed E-state index contributed by atoms with van der Waals surface area (Å²) in [5.41, 5.74) is 0.817. The number of nitrogens with zero attached hydrogens (tertiary/aromatic N) is 3. The van der Waals surface area contributed by atoms with E-state index in [4.69, 9.17) is 9.68 Å². The van der Waals surface area contributed by atoms with Crippen LogP contribution in [0.3, 0.4) is 0 Å². The highest BCUT2D eigenvalue weighted by Gasteiger charge is 2.27. The molecule has 1 aliphatic heterocycles. The summed E-state index contributed by atoms with van der Waals surface area (Å²) in [6, 6.07) is 6.81. The molecule has 1 fully saturated rings. The number of H-pyrrole nitrogens is 1. The van der Waals surface area contributed by atoms with Crippen molar-refractivity contribution in [3.8, 4) is 6.07 Å². The van der Waals surface area contributed by atoms with Gasteiger partial charge in [-0.15, -0.1) is 0 Å². The molecule has 22 heavy (non-hydrogen) atoms. The molecule has 3 rings (SSSR count). The Hall–Kier alpha value is -3.01. The molecule has 112 valence electrons. The molecule has 0 unspecified atom stereocenters. The predicted octanol–water partition coefficient (Wildman–Crippen LogP) is 1.08. The third kappa shape index (κ3) is 2.59. The number of hydrogen-bond acceptors (Lipinski definition) is 4. The van der Waals surface area contributed by atoms with Crippen molar-refractivity contribution in [3.63, 3.8) is 0 Å². The Labute approximate surface area is 126 Å². The smallest absolute Gasteiger partial charge is 0.289 e. The summed E-state index contributed by atoms with van der Waals surface area (Å²) in [5.74, 6) is -0.0156. The number of nitrogens with one attached hydrogen (secondary N) is 1. The molecule has 2 aromatic heterocycles. The minimum absolute atomic E-state index is 0.161. The summed E-state index contributed by atoms with van der Waals surface area (Å²) in [7, 11) is 0. The molecular formula is C15H14N4O3. The molecule has 0 aromatic carbocycles. The van der Waals surface area contributed by atoms with Gasteiger partial charge in [-0.1, -0.05) is 0 Å². The molecule has 1 saturated heterocycles. The van der Waals surface area contributed by atoms with E-state index in [2.05, 4.69) is 4.98 Å². The Balaban J connectivity index is 1.61. The van der Waals surface area contributed by atoms with Crippen molar-refractivity contribution in [1.82, 2.24) is 14.8 Å². The van der Waals surface area contributed by atoms with E-state index in [0.717, 1.165) is 0 Å². The highest BCUT2D eigenvalue weighted by Crippen LogP contribution is 2.12. The zero-order chi connectivity index (χ0) is 15.5. The van der Waals surface area contributed by atoms with Crippen LogP contribution in [-0.4, -0.2) is 52.8 Å². The van der Waals surface area contributed by atoms with E-state index in [1.54, 1.807) is 21.9 Å².